The first kappa shape index (κ1) is 16.7. The van der Waals surface area contributed by atoms with E-state index in [0.717, 1.165) is 30.5 Å². The number of rotatable bonds is 2. The molecule has 0 aromatic heterocycles. The maximum Gasteiger partial charge on any atom is 0.338 e. The van der Waals surface area contributed by atoms with Crippen LogP contribution < -0.4 is 20.9 Å². The Bertz CT molecular complexity index is 766. The topological polar surface area (TPSA) is 99.8 Å². The molecule has 4 rings (SSSR count). The second kappa shape index (κ2) is 6.51. The summed E-state index contributed by atoms with van der Waals surface area (Å²) >= 11 is 0. The smallest absolute Gasteiger partial charge is 0.338 e. The average molecular weight is 358 g/mol. The number of benzene rings is 1. The minimum absolute atomic E-state index is 0.0248. The van der Waals surface area contributed by atoms with Crippen LogP contribution in [-0.4, -0.2) is 49.8 Å². The molecule has 4 amide bonds. The molecule has 0 radical (unpaired) electrons. The van der Waals surface area contributed by atoms with E-state index in [4.69, 9.17) is 4.74 Å². The van der Waals surface area contributed by atoms with Crippen molar-refractivity contribution in [3.05, 3.63) is 29.3 Å². The fourth-order valence-corrected chi connectivity index (χ4v) is 4.21. The Morgan fingerprint density at radius 2 is 2.04 bits per heavy atom. The van der Waals surface area contributed by atoms with Gasteiger partial charge in [0.1, 0.15) is 0 Å². The first-order chi connectivity index (χ1) is 12.6. The number of carbonyl (C=O) groups is 3. The molecule has 0 bridgehead atoms. The van der Waals surface area contributed by atoms with Crippen LogP contribution in [-0.2, 0) is 11.2 Å². The molecule has 0 spiro atoms. The number of ether oxygens (including phenoxy) is 1. The normalized spacial score (nSPS) is 26.4. The quantitative estimate of drug-likeness (QED) is 0.691. The molecule has 2 fully saturated rings. The van der Waals surface area contributed by atoms with Gasteiger partial charge in [0.15, 0.2) is 0 Å². The third-order valence-corrected chi connectivity index (χ3v) is 5.49. The number of urea groups is 2. The Morgan fingerprint density at radius 3 is 2.85 bits per heavy atom. The number of nitrogens with zero attached hydrogens (tertiary/aromatic N) is 1. The van der Waals surface area contributed by atoms with Gasteiger partial charge < -0.3 is 20.7 Å². The zero-order chi connectivity index (χ0) is 18.3. The van der Waals surface area contributed by atoms with E-state index in [1.54, 1.807) is 17.0 Å². The molecule has 2 aliphatic heterocycles. The Balaban J connectivity index is 1.45. The molecular formula is C18H22N4O4. The molecule has 3 N–H and O–H groups in total. The summed E-state index contributed by atoms with van der Waals surface area (Å²) in [5, 5.41) is 8.89. The Morgan fingerprint density at radius 1 is 1.23 bits per heavy atom. The summed E-state index contributed by atoms with van der Waals surface area (Å²) in [5.41, 5.74) is 2.13. The van der Waals surface area contributed by atoms with Crippen molar-refractivity contribution in [1.82, 2.24) is 16.0 Å². The number of hydrogen-bond donors (Lipinski definition) is 3. The van der Waals surface area contributed by atoms with Gasteiger partial charge in [-0.3, -0.25) is 4.90 Å². The van der Waals surface area contributed by atoms with Gasteiger partial charge in [0.05, 0.1) is 24.8 Å². The summed E-state index contributed by atoms with van der Waals surface area (Å²) in [7, 11) is 1.36. The van der Waals surface area contributed by atoms with Crippen LogP contribution >= 0.6 is 0 Å². The minimum atomic E-state index is -0.382. The van der Waals surface area contributed by atoms with E-state index in [2.05, 4.69) is 16.0 Å². The molecule has 1 aromatic carbocycles. The largest absolute Gasteiger partial charge is 0.465 e. The second-order valence-electron chi connectivity index (χ2n) is 6.99. The lowest BCUT2D eigenvalue weighted by Gasteiger charge is -2.32. The van der Waals surface area contributed by atoms with Crippen LogP contribution in [0.5, 0.6) is 0 Å². The van der Waals surface area contributed by atoms with Crippen LogP contribution in [0.1, 0.15) is 35.2 Å². The highest BCUT2D eigenvalue weighted by molar-refractivity contribution is 5.99. The minimum Gasteiger partial charge on any atom is -0.465 e. The SMILES string of the molecule is COC(=O)c1cccc2c1CCN2C(=O)NC1CCC2NC(=O)NC2C1. The van der Waals surface area contributed by atoms with Crippen molar-refractivity contribution in [3.63, 3.8) is 0 Å². The summed E-state index contributed by atoms with van der Waals surface area (Å²) in [4.78, 5) is 37.8. The molecule has 1 saturated carbocycles. The van der Waals surface area contributed by atoms with Crippen LogP contribution in [0.4, 0.5) is 15.3 Å². The standard InChI is InChI=1S/C18H22N4O4/c1-26-16(23)12-3-2-4-15-11(12)7-8-22(15)18(25)19-10-5-6-13-14(9-10)21-17(24)20-13/h2-4,10,13-14H,5-9H2,1H3,(H,19,25)(H2,20,21,24). The lowest BCUT2D eigenvalue weighted by Crippen LogP contribution is -2.51. The zero-order valence-electron chi connectivity index (χ0n) is 14.6. The molecular weight excluding hydrogens is 336 g/mol. The maximum atomic E-state index is 12.8. The Labute approximate surface area is 151 Å². The zero-order valence-corrected chi connectivity index (χ0v) is 14.6. The van der Waals surface area contributed by atoms with Gasteiger partial charge in [0.25, 0.3) is 0 Å². The van der Waals surface area contributed by atoms with Crippen molar-refractivity contribution >= 4 is 23.7 Å². The van der Waals surface area contributed by atoms with E-state index in [1.165, 1.54) is 7.11 Å². The number of nitrogens with one attached hydrogen (secondary N) is 3. The van der Waals surface area contributed by atoms with E-state index in [1.807, 2.05) is 6.07 Å². The monoisotopic (exact) mass is 358 g/mol. The van der Waals surface area contributed by atoms with E-state index in [0.29, 0.717) is 18.5 Å². The van der Waals surface area contributed by atoms with Gasteiger partial charge in [-0.2, -0.15) is 0 Å². The summed E-state index contributed by atoms with van der Waals surface area (Å²) in [6, 6.07) is 5.31. The van der Waals surface area contributed by atoms with Crippen molar-refractivity contribution in [3.8, 4) is 0 Å². The predicted octanol–water partition coefficient (Wildman–Crippen LogP) is 1.15. The van der Waals surface area contributed by atoms with E-state index >= 15 is 0 Å². The Hall–Kier alpha value is -2.77. The van der Waals surface area contributed by atoms with Gasteiger partial charge in [-0.15, -0.1) is 0 Å². The molecule has 1 aromatic rings. The first-order valence-electron chi connectivity index (χ1n) is 8.92. The van der Waals surface area contributed by atoms with Crippen molar-refractivity contribution in [2.24, 2.45) is 0 Å². The number of fused-ring (bicyclic) bond motifs is 2. The Kier molecular flexibility index (Phi) is 4.18. The summed E-state index contributed by atoms with van der Waals surface area (Å²) in [6.45, 7) is 0.534. The second-order valence-corrected chi connectivity index (χ2v) is 6.99. The summed E-state index contributed by atoms with van der Waals surface area (Å²) in [6.07, 6.45) is 3.02. The third kappa shape index (κ3) is 2.85. The summed E-state index contributed by atoms with van der Waals surface area (Å²) in [5.74, 6) is -0.382. The van der Waals surface area contributed by atoms with Gasteiger partial charge in [-0.25, -0.2) is 14.4 Å². The number of anilines is 1. The molecule has 8 nitrogen and oxygen atoms in total. The van der Waals surface area contributed by atoms with Gasteiger partial charge >= 0.3 is 18.0 Å². The maximum absolute atomic E-state index is 12.8. The molecule has 1 saturated heterocycles. The molecule has 8 heteroatoms. The van der Waals surface area contributed by atoms with Gasteiger partial charge in [0, 0.05) is 18.3 Å². The lowest BCUT2D eigenvalue weighted by molar-refractivity contribution is 0.0599. The van der Waals surface area contributed by atoms with E-state index in [-0.39, 0.29) is 36.2 Å². The molecule has 3 unspecified atom stereocenters. The van der Waals surface area contributed by atoms with E-state index < -0.39 is 0 Å². The van der Waals surface area contributed by atoms with Crippen molar-refractivity contribution in [1.29, 1.82) is 0 Å². The van der Waals surface area contributed by atoms with Crippen LogP contribution in [0.3, 0.4) is 0 Å². The molecule has 3 aliphatic rings. The number of methoxy groups -OCH3 is 1. The highest BCUT2D eigenvalue weighted by Gasteiger charge is 2.38. The average Bonchev–Trinajstić information content (AvgIpc) is 3.22. The molecule has 1 aliphatic carbocycles. The first-order valence-corrected chi connectivity index (χ1v) is 8.92. The van der Waals surface area contributed by atoms with Crippen molar-refractivity contribution in [2.75, 3.05) is 18.6 Å². The number of esters is 1. The van der Waals surface area contributed by atoms with Gasteiger partial charge in [-0.1, -0.05) is 6.07 Å². The number of hydrogen-bond acceptors (Lipinski definition) is 4. The molecule has 26 heavy (non-hydrogen) atoms. The van der Waals surface area contributed by atoms with Crippen molar-refractivity contribution in [2.45, 2.75) is 43.8 Å². The summed E-state index contributed by atoms with van der Waals surface area (Å²) < 4.78 is 4.83. The highest BCUT2D eigenvalue weighted by Crippen LogP contribution is 2.31. The van der Waals surface area contributed by atoms with Crippen LogP contribution in [0.15, 0.2) is 18.2 Å². The highest BCUT2D eigenvalue weighted by atomic mass is 16.5. The molecule has 2 heterocycles. The fraction of sp³-hybridized carbons (Fsp3) is 0.500. The third-order valence-electron chi connectivity index (χ3n) is 5.49. The van der Waals surface area contributed by atoms with Gasteiger partial charge in [-0.05, 0) is 43.4 Å². The fourth-order valence-electron chi connectivity index (χ4n) is 4.21. The molecule has 3 atom stereocenters. The number of amides is 4. The lowest BCUT2D eigenvalue weighted by atomic mass is 9.88. The number of carbonyl (C=O) groups excluding carboxylic acids is 3. The van der Waals surface area contributed by atoms with Gasteiger partial charge in [0.2, 0.25) is 0 Å². The molecule has 138 valence electrons. The predicted molar refractivity (Wildman–Crippen MR) is 94.2 cm³/mol. The van der Waals surface area contributed by atoms with E-state index in [9.17, 15) is 14.4 Å². The van der Waals surface area contributed by atoms with Crippen LogP contribution in [0, 0.1) is 0 Å². The van der Waals surface area contributed by atoms with Crippen LogP contribution in [0.2, 0.25) is 0 Å². The van der Waals surface area contributed by atoms with Crippen molar-refractivity contribution < 1.29 is 19.1 Å². The van der Waals surface area contributed by atoms with Crippen LogP contribution in [0.25, 0.3) is 0 Å².